The first-order chi connectivity index (χ1) is 14.8. The number of nitriles is 1. The van der Waals surface area contributed by atoms with Crippen LogP contribution in [0.15, 0.2) is 71.3 Å². The molecule has 2 aromatic carbocycles. The normalized spacial score (nSPS) is 20.1. The van der Waals surface area contributed by atoms with Crippen molar-refractivity contribution in [3.05, 3.63) is 87.5 Å². The molecule has 1 aliphatic heterocycles. The van der Waals surface area contributed by atoms with E-state index in [0.29, 0.717) is 41.6 Å². The molecule has 0 radical (unpaired) electrons. The number of carbonyl (C=O) groups excluding carboxylic acids is 1. The smallest absolute Gasteiger partial charge is 0.205 e. The zero-order valence-electron chi connectivity index (χ0n) is 17.4. The molecular formula is C25H23ClN2O3. The van der Waals surface area contributed by atoms with Gasteiger partial charge in [-0.15, -0.1) is 0 Å². The SMILES string of the molecule is CC1(C)CC(=O)C2=C(C1)OC(N)=C(C#N)[C@@H]2c1ccc(OCc2ccc(Cl)cc2)cc1. The van der Waals surface area contributed by atoms with E-state index in [9.17, 15) is 10.1 Å². The molecule has 6 heteroatoms. The van der Waals surface area contributed by atoms with Crippen molar-refractivity contribution in [2.45, 2.75) is 39.2 Å². The molecule has 0 amide bonds. The molecule has 0 saturated heterocycles. The molecular weight excluding hydrogens is 412 g/mol. The van der Waals surface area contributed by atoms with Crippen LogP contribution in [-0.4, -0.2) is 5.78 Å². The third-order valence-electron chi connectivity index (χ3n) is 5.61. The maximum Gasteiger partial charge on any atom is 0.205 e. The average molecular weight is 435 g/mol. The maximum absolute atomic E-state index is 13.0. The summed E-state index contributed by atoms with van der Waals surface area (Å²) in [7, 11) is 0. The lowest BCUT2D eigenvalue weighted by Crippen LogP contribution is -2.33. The predicted octanol–water partition coefficient (Wildman–Crippen LogP) is 5.37. The van der Waals surface area contributed by atoms with Gasteiger partial charge in [-0.2, -0.15) is 5.26 Å². The molecule has 4 rings (SSSR count). The van der Waals surface area contributed by atoms with E-state index >= 15 is 0 Å². The van der Waals surface area contributed by atoms with Crippen LogP contribution in [-0.2, 0) is 16.1 Å². The second kappa shape index (κ2) is 8.13. The number of hydrogen-bond donors (Lipinski definition) is 1. The molecule has 2 aliphatic rings. The first kappa shape index (κ1) is 21.0. The highest BCUT2D eigenvalue weighted by Crippen LogP contribution is 2.47. The third-order valence-corrected chi connectivity index (χ3v) is 5.86. The molecule has 0 unspecified atom stereocenters. The van der Waals surface area contributed by atoms with Gasteiger partial charge >= 0.3 is 0 Å². The van der Waals surface area contributed by atoms with Crippen molar-refractivity contribution in [3.8, 4) is 11.8 Å². The highest BCUT2D eigenvalue weighted by atomic mass is 35.5. The predicted molar refractivity (Wildman–Crippen MR) is 118 cm³/mol. The molecule has 1 aliphatic carbocycles. The molecule has 0 saturated carbocycles. The number of ether oxygens (including phenoxy) is 2. The number of ketones is 1. The number of allylic oxidation sites excluding steroid dienone is 3. The zero-order chi connectivity index (χ0) is 22.2. The Morgan fingerprint density at radius 3 is 2.48 bits per heavy atom. The van der Waals surface area contributed by atoms with Gasteiger partial charge in [0, 0.05) is 23.4 Å². The lowest BCUT2D eigenvalue weighted by molar-refractivity contribution is -0.119. The van der Waals surface area contributed by atoms with Gasteiger partial charge < -0.3 is 15.2 Å². The fourth-order valence-corrected chi connectivity index (χ4v) is 4.25. The summed E-state index contributed by atoms with van der Waals surface area (Å²) < 4.78 is 11.6. The largest absolute Gasteiger partial charge is 0.489 e. The van der Waals surface area contributed by atoms with Crippen LogP contribution in [0.5, 0.6) is 5.75 Å². The lowest BCUT2D eigenvalue weighted by atomic mass is 9.70. The first-order valence-corrected chi connectivity index (χ1v) is 10.5. The summed E-state index contributed by atoms with van der Waals surface area (Å²) in [5, 5.41) is 10.4. The van der Waals surface area contributed by atoms with Crippen molar-refractivity contribution in [2.24, 2.45) is 11.1 Å². The monoisotopic (exact) mass is 434 g/mol. The van der Waals surface area contributed by atoms with Gasteiger partial charge in [-0.05, 0) is 40.8 Å². The van der Waals surface area contributed by atoms with E-state index in [1.165, 1.54) is 0 Å². The Labute approximate surface area is 186 Å². The average Bonchev–Trinajstić information content (AvgIpc) is 2.72. The minimum Gasteiger partial charge on any atom is -0.489 e. The van der Waals surface area contributed by atoms with Crippen molar-refractivity contribution in [2.75, 3.05) is 0 Å². The second-order valence-corrected chi connectivity index (χ2v) is 9.12. The van der Waals surface area contributed by atoms with Gasteiger partial charge in [-0.1, -0.05) is 49.7 Å². The Kier molecular flexibility index (Phi) is 5.51. The number of benzene rings is 2. The summed E-state index contributed by atoms with van der Waals surface area (Å²) in [6.07, 6.45) is 1.01. The molecule has 158 valence electrons. The summed E-state index contributed by atoms with van der Waals surface area (Å²) in [6.45, 7) is 4.46. The van der Waals surface area contributed by atoms with Crippen LogP contribution < -0.4 is 10.5 Å². The molecule has 31 heavy (non-hydrogen) atoms. The van der Waals surface area contributed by atoms with Crippen LogP contribution in [0.2, 0.25) is 5.02 Å². The quantitative estimate of drug-likeness (QED) is 0.699. The highest BCUT2D eigenvalue weighted by Gasteiger charge is 2.42. The van der Waals surface area contributed by atoms with Gasteiger partial charge in [0.25, 0.3) is 0 Å². The Morgan fingerprint density at radius 2 is 1.84 bits per heavy atom. The van der Waals surface area contributed by atoms with E-state index in [4.69, 9.17) is 26.8 Å². The second-order valence-electron chi connectivity index (χ2n) is 8.69. The van der Waals surface area contributed by atoms with Gasteiger partial charge in [-0.3, -0.25) is 4.79 Å². The zero-order valence-corrected chi connectivity index (χ0v) is 18.2. The van der Waals surface area contributed by atoms with Crippen LogP contribution in [0.3, 0.4) is 0 Å². The van der Waals surface area contributed by atoms with Crippen molar-refractivity contribution in [1.82, 2.24) is 0 Å². The highest BCUT2D eigenvalue weighted by molar-refractivity contribution is 6.30. The Balaban J connectivity index is 1.61. The first-order valence-electron chi connectivity index (χ1n) is 10.1. The number of halogens is 1. The van der Waals surface area contributed by atoms with Gasteiger partial charge in [0.2, 0.25) is 5.88 Å². The van der Waals surface area contributed by atoms with Crippen molar-refractivity contribution < 1.29 is 14.3 Å². The Morgan fingerprint density at radius 1 is 1.16 bits per heavy atom. The number of carbonyl (C=O) groups is 1. The molecule has 2 aromatic rings. The molecule has 0 spiro atoms. The number of Topliss-reactive ketones (excluding diaryl/α,β-unsaturated/α-hetero) is 1. The summed E-state index contributed by atoms with van der Waals surface area (Å²) in [6, 6.07) is 17.0. The van der Waals surface area contributed by atoms with Crippen molar-refractivity contribution >= 4 is 17.4 Å². The topological polar surface area (TPSA) is 85.3 Å². The lowest BCUT2D eigenvalue weighted by Gasteiger charge is -2.37. The fourth-order valence-electron chi connectivity index (χ4n) is 4.12. The van der Waals surface area contributed by atoms with E-state index in [-0.39, 0.29) is 22.7 Å². The van der Waals surface area contributed by atoms with Crippen LogP contribution in [0.25, 0.3) is 0 Å². The summed E-state index contributed by atoms with van der Waals surface area (Å²) >= 11 is 5.92. The van der Waals surface area contributed by atoms with Crippen molar-refractivity contribution in [1.29, 1.82) is 5.26 Å². The molecule has 2 N–H and O–H groups in total. The molecule has 1 heterocycles. The Hall–Kier alpha value is -3.23. The molecule has 0 aromatic heterocycles. The summed E-state index contributed by atoms with van der Waals surface area (Å²) in [5.41, 5.74) is 8.48. The van der Waals surface area contributed by atoms with Gasteiger partial charge in [0.05, 0.1) is 5.92 Å². The Bertz CT molecular complexity index is 1120. The van der Waals surface area contributed by atoms with Crippen LogP contribution in [0.1, 0.15) is 43.7 Å². The number of nitrogens with zero attached hydrogens (tertiary/aromatic N) is 1. The van der Waals surface area contributed by atoms with Crippen LogP contribution >= 0.6 is 11.6 Å². The van der Waals surface area contributed by atoms with E-state index in [0.717, 1.165) is 11.1 Å². The van der Waals surface area contributed by atoms with Crippen LogP contribution in [0, 0.1) is 16.7 Å². The van der Waals surface area contributed by atoms with E-state index < -0.39 is 5.92 Å². The minimum absolute atomic E-state index is 0.000403. The molecule has 5 nitrogen and oxygen atoms in total. The van der Waals surface area contributed by atoms with Crippen LogP contribution in [0.4, 0.5) is 0 Å². The van der Waals surface area contributed by atoms with Gasteiger partial charge in [-0.25, -0.2) is 0 Å². The molecule has 0 fully saturated rings. The number of hydrogen-bond acceptors (Lipinski definition) is 5. The van der Waals surface area contributed by atoms with Gasteiger partial charge in [0.1, 0.15) is 29.8 Å². The standard InChI is InChI=1S/C25H23ClN2O3/c1-25(2)11-20(29)23-21(12-25)31-24(28)19(13-27)22(23)16-5-9-18(10-6-16)30-14-15-3-7-17(26)8-4-15/h3-10,22H,11-12,14,28H2,1-2H3/t22-/m0/s1. The van der Waals surface area contributed by atoms with E-state index in [2.05, 4.69) is 6.07 Å². The van der Waals surface area contributed by atoms with Crippen molar-refractivity contribution in [3.63, 3.8) is 0 Å². The third kappa shape index (κ3) is 4.30. The summed E-state index contributed by atoms with van der Waals surface area (Å²) in [4.78, 5) is 13.0. The van der Waals surface area contributed by atoms with Gasteiger partial charge in [0.15, 0.2) is 5.78 Å². The van der Waals surface area contributed by atoms with E-state index in [1.54, 1.807) is 0 Å². The molecule has 0 bridgehead atoms. The molecule has 1 atom stereocenters. The number of rotatable bonds is 4. The minimum atomic E-state index is -0.525. The maximum atomic E-state index is 13.0. The number of nitrogens with two attached hydrogens (primary N) is 1. The summed E-state index contributed by atoms with van der Waals surface area (Å²) in [5.74, 6) is 0.805. The van der Waals surface area contributed by atoms with E-state index in [1.807, 2.05) is 62.4 Å². The fraction of sp³-hybridized carbons (Fsp3) is 0.280.